The predicted molar refractivity (Wildman–Crippen MR) is 73.0 cm³/mol. The van der Waals surface area contributed by atoms with Crippen LogP contribution in [0.25, 0.3) is 0 Å². The van der Waals surface area contributed by atoms with Gasteiger partial charge in [0, 0.05) is 13.2 Å². The van der Waals surface area contributed by atoms with E-state index in [1.807, 2.05) is 24.3 Å². The monoisotopic (exact) mass is 249 g/mol. The number of likely N-dealkylation sites (tertiary alicyclic amines) is 1. The van der Waals surface area contributed by atoms with Gasteiger partial charge in [0.2, 0.25) is 0 Å². The van der Waals surface area contributed by atoms with E-state index in [9.17, 15) is 0 Å². The Morgan fingerprint density at radius 2 is 1.89 bits per heavy atom. The van der Waals surface area contributed by atoms with Crippen molar-refractivity contribution in [3.8, 4) is 5.75 Å². The molecule has 1 aliphatic heterocycles. The summed E-state index contributed by atoms with van der Waals surface area (Å²) in [6.45, 7) is 4.34. The van der Waals surface area contributed by atoms with Gasteiger partial charge in [0.25, 0.3) is 0 Å². The molecule has 0 bridgehead atoms. The zero-order chi connectivity index (χ0) is 12.6. The second-order valence-electron chi connectivity index (χ2n) is 4.83. The molecule has 100 valence electrons. The summed E-state index contributed by atoms with van der Waals surface area (Å²) in [5.41, 5.74) is 1.10. The van der Waals surface area contributed by atoms with E-state index >= 15 is 0 Å². The van der Waals surface area contributed by atoms with Crippen LogP contribution in [0.4, 0.5) is 0 Å². The Bertz CT molecular complexity index is 348. The molecule has 1 fully saturated rings. The Labute approximate surface area is 109 Å². The van der Waals surface area contributed by atoms with E-state index in [1.54, 1.807) is 0 Å². The van der Waals surface area contributed by atoms with E-state index in [1.165, 1.54) is 32.4 Å². The highest BCUT2D eigenvalue weighted by Gasteiger charge is 2.10. The Balaban J connectivity index is 1.78. The molecule has 1 aromatic carbocycles. The Kier molecular flexibility index (Phi) is 5.49. The van der Waals surface area contributed by atoms with Gasteiger partial charge >= 0.3 is 0 Å². The lowest BCUT2D eigenvalue weighted by atomic mass is 10.1. The highest BCUT2D eigenvalue weighted by Crippen LogP contribution is 2.18. The van der Waals surface area contributed by atoms with Gasteiger partial charge < -0.3 is 9.84 Å². The second-order valence-corrected chi connectivity index (χ2v) is 4.83. The first-order chi connectivity index (χ1) is 8.90. The molecule has 1 heterocycles. The van der Waals surface area contributed by atoms with E-state index in [-0.39, 0.29) is 6.61 Å². The van der Waals surface area contributed by atoms with Crippen LogP contribution in [0.2, 0.25) is 0 Å². The van der Waals surface area contributed by atoms with Crippen LogP contribution in [-0.2, 0) is 6.42 Å². The van der Waals surface area contributed by atoms with Gasteiger partial charge in [0.1, 0.15) is 12.4 Å². The molecular formula is C15H23NO2. The first-order valence-corrected chi connectivity index (χ1v) is 6.94. The third kappa shape index (κ3) is 4.00. The number of aliphatic hydroxyl groups is 1. The minimum Gasteiger partial charge on any atom is -0.492 e. The molecule has 3 nitrogen and oxygen atoms in total. The van der Waals surface area contributed by atoms with Crippen LogP contribution in [0, 0.1) is 0 Å². The largest absolute Gasteiger partial charge is 0.492 e. The number of aliphatic hydroxyl groups excluding tert-OH is 1. The molecule has 0 aromatic heterocycles. The van der Waals surface area contributed by atoms with Crippen molar-refractivity contribution in [3.63, 3.8) is 0 Å². The Morgan fingerprint density at radius 3 is 2.67 bits per heavy atom. The van der Waals surface area contributed by atoms with Crippen molar-refractivity contribution < 1.29 is 9.84 Å². The molecule has 1 aliphatic rings. The minimum atomic E-state index is 0.173. The fourth-order valence-corrected chi connectivity index (χ4v) is 2.44. The van der Waals surface area contributed by atoms with Gasteiger partial charge in [-0.05, 0) is 44.0 Å². The lowest BCUT2D eigenvalue weighted by Gasteiger charge is -2.26. The van der Waals surface area contributed by atoms with Crippen LogP contribution in [0.15, 0.2) is 24.3 Å². The summed E-state index contributed by atoms with van der Waals surface area (Å²) >= 11 is 0. The first-order valence-electron chi connectivity index (χ1n) is 6.94. The summed E-state index contributed by atoms with van der Waals surface area (Å²) in [6.07, 6.45) is 4.68. The van der Waals surface area contributed by atoms with Crippen molar-refractivity contribution in [3.05, 3.63) is 29.8 Å². The Hall–Kier alpha value is -1.06. The third-order valence-electron chi connectivity index (χ3n) is 3.47. The standard InChI is InChI=1S/C15H23NO2/c17-12-8-14-6-2-3-7-15(14)18-13-11-16-9-4-1-5-10-16/h2-3,6-7,17H,1,4-5,8-13H2. The smallest absolute Gasteiger partial charge is 0.122 e. The molecule has 2 rings (SSSR count). The number of ether oxygens (including phenoxy) is 1. The molecular weight excluding hydrogens is 226 g/mol. The molecule has 0 spiro atoms. The van der Waals surface area contributed by atoms with Crippen molar-refractivity contribution in [2.75, 3.05) is 32.8 Å². The van der Waals surface area contributed by atoms with Crippen molar-refractivity contribution in [2.24, 2.45) is 0 Å². The molecule has 1 saturated heterocycles. The lowest BCUT2D eigenvalue weighted by molar-refractivity contribution is 0.182. The summed E-state index contributed by atoms with van der Waals surface area (Å²) in [7, 11) is 0. The van der Waals surface area contributed by atoms with Crippen molar-refractivity contribution >= 4 is 0 Å². The summed E-state index contributed by atoms with van der Waals surface area (Å²) < 4.78 is 5.84. The maximum absolute atomic E-state index is 9.01. The quantitative estimate of drug-likeness (QED) is 0.838. The fourth-order valence-electron chi connectivity index (χ4n) is 2.44. The van der Waals surface area contributed by atoms with Crippen LogP contribution < -0.4 is 4.74 Å². The van der Waals surface area contributed by atoms with E-state index in [0.717, 1.165) is 24.5 Å². The zero-order valence-electron chi connectivity index (χ0n) is 11.0. The predicted octanol–water partition coefficient (Wildman–Crippen LogP) is 2.09. The van der Waals surface area contributed by atoms with Crippen LogP contribution in [-0.4, -0.2) is 42.9 Å². The molecule has 1 aromatic rings. The average Bonchev–Trinajstić information content (AvgIpc) is 2.42. The van der Waals surface area contributed by atoms with Crippen molar-refractivity contribution in [1.82, 2.24) is 4.90 Å². The van der Waals surface area contributed by atoms with Gasteiger partial charge in [-0.1, -0.05) is 24.6 Å². The van der Waals surface area contributed by atoms with E-state index in [0.29, 0.717) is 6.42 Å². The molecule has 0 aliphatic carbocycles. The maximum Gasteiger partial charge on any atom is 0.122 e. The molecule has 0 unspecified atom stereocenters. The van der Waals surface area contributed by atoms with Crippen LogP contribution in [0.5, 0.6) is 5.75 Å². The van der Waals surface area contributed by atoms with Gasteiger partial charge in [-0.15, -0.1) is 0 Å². The van der Waals surface area contributed by atoms with Gasteiger partial charge in [0.15, 0.2) is 0 Å². The zero-order valence-corrected chi connectivity index (χ0v) is 11.0. The van der Waals surface area contributed by atoms with Gasteiger partial charge in [0.05, 0.1) is 0 Å². The van der Waals surface area contributed by atoms with E-state index in [4.69, 9.17) is 9.84 Å². The molecule has 0 radical (unpaired) electrons. The Morgan fingerprint density at radius 1 is 1.11 bits per heavy atom. The number of hydrogen-bond acceptors (Lipinski definition) is 3. The maximum atomic E-state index is 9.01. The van der Waals surface area contributed by atoms with Crippen LogP contribution >= 0.6 is 0 Å². The van der Waals surface area contributed by atoms with E-state index < -0.39 is 0 Å². The number of benzene rings is 1. The third-order valence-corrected chi connectivity index (χ3v) is 3.47. The van der Waals surface area contributed by atoms with Gasteiger partial charge in [-0.3, -0.25) is 4.90 Å². The number of rotatable bonds is 6. The lowest BCUT2D eigenvalue weighted by Crippen LogP contribution is -2.33. The summed E-state index contributed by atoms with van der Waals surface area (Å²) in [4.78, 5) is 2.47. The first kappa shape index (κ1) is 13.4. The summed E-state index contributed by atoms with van der Waals surface area (Å²) in [6, 6.07) is 7.98. The van der Waals surface area contributed by atoms with Crippen LogP contribution in [0.3, 0.4) is 0 Å². The fraction of sp³-hybridized carbons (Fsp3) is 0.600. The SMILES string of the molecule is OCCc1ccccc1OCCN1CCCCC1. The number of para-hydroxylation sites is 1. The number of piperidine rings is 1. The number of nitrogens with zero attached hydrogens (tertiary/aromatic N) is 1. The molecule has 0 amide bonds. The van der Waals surface area contributed by atoms with Crippen molar-refractivity contribution in [1.29, 1.82) is 0 Å². The molecule has 1 N–H and O–H groups in total. The highest BCUT2D eigenvalue weighted by molar-refractivity contribution is 5.33. The average molecular weight is 249 g/mol. The highest BCUT2D eigenvalue weighted by atomic mass is 16.5. The van der Waals surface area contributed by atoms with Gasteiger partial charge in [-0.25, -0.2) is 0 Å². The molecule has 0 atom stereocenters. The minimum absolute atomic E-state index is 0.173. The summed E-state index contributed by atoms with van der Waals surface area (Å²) in [5.74, 6) is 0.920. The molecule has 3 heteroatoms. The van der Waals surface area contributed by atoms with Crippen molar-refractivity contribution in [2.45, 2.75) is 25.7 Å². The molecule has 18 heavy (non-hydrogen) atoms. The molecule has 0 saturated carbocycles. The van der Waals surface area contributed by atoms with Gasteiger partial charge in [-0.2, -0.15) is 0 Å². The second kappa shape index (κ2) is 7.39. The van der Waals surface area contributed by atoms with Crippen LogP contribution in [0.1, 0.15) is 24.8 Å². The normalized spacial score (nSPS) is 16.7. The van der Waals surface area contributed by atoms with E-state index in [2.05, 4.69) is 4.90 Å². The summed E-state index contributed by atoms with van der Waals surface area (Å²) in [5, 5.41) is 9.01. The topological polar surface area (TPSA) is 32.7 Å². The number of hydrogen-bond donors (Lipinski definition) is 1.